The molecule has 2 aromatic rings. The number of nitrogens with one attached hydrogen (secondary N) is 1. The molecule has 0 amide bonds. The molecule has 0 aromatic carbocycles. The second kappa shape index (κ2) is 5.57. The minimum absolute atomic E-state index is 0.169. The van der Waals surface area contributed by atoms with E-state index >= 15 is 0 Å². The number of rotatable bonds is 5. The molecule has 0 fully saturated rings. The Balaban J connectivity index is 2.39. The van der Waals surface area contributed by atoms with Crippen LogP contribution in [0.4, 0.5) is 5.95 Å². The fourth-order valence-corrected chi connectivity index (χ4v) is 1.38. The van der Waals surface area contributed by atoms with Crippen molar-refractivity contribution < 1.29 is 4.74 Å². The van der Waals surface area contributed by atoms with Gasteiger partial charge < -0.3 is 10.1 Å². The highest BCUT2D eigenvalue weighted by Crippen LogP contribution is 2.16. The van der Waals surface area contributed by atoms with Gasteiger partial charge >= 0.3 is 6.01 Å². The molecule has 0 unspecified atom stereocenters. The first-order valence-electron chi connectivity index (χ1n) is 6.19. The predicted octanol–water partition coefficient (Wildman–Crippen LogP) is 1.28. The zero-order valence-electron chi connectivity index (χ0n) is 11.7. The van der Waals surface area contributed by atoms with Gasteiger partial charge in [-0.3, -0.25) is 4.57 Å². The molecule has 0 atom stereocenters. The first-order valence-corrected chi connectivity index (χ1v) is 6.19. The van der Waals surface area contributed by atoms with Crippen molar-refractivity contribution in [3.8, 4) is 24.3 Å². The normalized spacial score (nSPS) is 10.9. The van der Waals surface area contributed by atoms with E-state index in [1.807, 2.05) is 6.92 Å². The summed E-state index contributed by atoms with van der Waals surface area (Å²) in [6, 6.07) is 0.169. The Morgan fingerprint density at radius 1 is 1.40 bits per heavy atom. The van der Waals surface area contributed by atoms with Crippen LogP contribution in [0.15, 0.2) is 18.7 Å². The van der Waals surface area contributed by atoms with Gasteiger partial charge in [-0.25, -0.2) is 4.98 Å². The average Bonchev–Trinajstić information content (AvgIpc) is 2.92. The molecule has 0 radical (unpaired) electrons. The number of anilines is 1. The van der Waals surface area contributed by atoms with Gasteiger partial charge in [-0.1, -0.05) is 5.92 Å². The third-order valence-electron chi connectivity index (χ3n) is 2.37. The smallest absolute Gasteiger partial charge is 0.324 e. The Hall–Kier alpha value is -2.62. The molecule has 2 aromatic heterocycles. The Morgan fingerprint density at radius 2 is 2.20 bits per heavy atom. The number of aromatic nitrogens is 5. The molecule has 104 valence electrons. The van der Waals surface area contributed by atoms with Crippen molar-refractivity contribution in [1.29, 1.82) is 0 Å². The second-order valence-electron chi connectivity index (χ2n) is 4.50. The monoisotopic (exact) mass is 272 g/mol. The largest absolute Gasteiger partial charge is 0.444 e. The molecule has 0 saturated heterocycles. The summed E-state index contributed by atoms with van der Waals surface area (Å²) in [7, 11) is 0. The fraction of sp³-hybridized carbons (Fsp3) is 0.385. The fourth-order valence-electron chi connectivity index (χ4n) is 1.38. The third kappa shape index (κ3) is 3.23. The van der Waals surface area contributed by atoms with E-state index in [0.29, 0.717) is 18.4 Å². The van der Waals surface area contributed by atoms with Gasteiger partial charge in [-0.2, -0.15) is 15.0 Å². The van der Waals surface area contributed by atoms with E-state index < -0.39 is 5.60 Å². The molecule has 20 heavy (non-hydrogen) atoms. The standard InChI is InChI=1S/C13H16N6O/c1-5-13(3,4)20-12-17-10(15-6-2)16-11(18-12)19-8-7-14-9-19/h1,7-9H,6H2,2-4H3,(H,15,16,17,18). The van der Waals surface area contributed by atoms with E-state index in [4.69, 9.17) is 11.2 Å². The number of hydrogen-bond donors (Lipinski definition) is 1. The summed E-state index contributed by atoms with van der Waals surface area (Å²) in [5, 5.41) is 3.03. The van der Waals surface area contributed by atoms with Gasteiger partial charge in [0.25, 0.3) is 0 Å². The van der Waals surface area contributed by atoms with Crippen LogP contribution in [0, 0.1) is 12.3 Å². The van der Waals surface area contributed by atoms with Crippen LogP contribution in [-0.4, -0.2) is 36.6 Å². The minimum atomic E-state index is -0.795. The van der Waals surface area contributed by atoms with E-state index in [0.717, 1.165) is 0 Å². The Morgan fingerprint density at radius 3 is 2.80 bits per heavy atom. The SMILES string of the molecule is C#CC(C)(C)Oc1nc(NCC)nc(-n2ccnc2)n1. The zero-order valence-corrected chi connectivity index (χ0v) is 11.7. The highest BCUT2D eigenvalue weighted by atomic mass is 16.5. The van der Waals surface area contributed by atoms with E-state index in [-0.39, 0.29) is 6.01 Å². The zero-order chi connectivity index (χ0) is 14.6. The number of hydrogen-bond acceptors (Lipinski definition) is 6. The molecule has 2 heterocycles. The molecule has 0 aliphatic carbocycles. The maximum Gasteiger partial charge on any atom is 0.324 e. The summed E-state index contributed by atoms with van der Waals surface area (Å²) in [6.45, 7) is 6.17. The number of nitrogens with zero attached hydrogens (tertiary/aromatic N) is 5. The summed E-state index contributed by atoms with van der Waals surface area (Å²) in [6.07, 6.45) is 10.4. The predicted molar refractivity (Wildman–Crippen MR) is 74.7 cm³/mol. The van der Waals surface area contributed by atoms with E-state index in [1.54, 1.807) is 37.1 Å². The summed E-state index contributed by atoms with van der Waals surface area (Å²) in [5.41, 5.74) is -0.795. The van der Waals surface area contributed by atoms with Crippen molar-refractivity contribution in [2.75, 3.05) is 11.9 Å². The van der Waals surface area contributed by atoms with Crippen LogP contribution < -0.4 is 10.1 Å². The van der Waals surface area contributed by atoms with Crippen LogP contribution >= 0.6 is 0 Å². The Bertz CT molecular complexity index is 614. The van der Waals surface area contributed by atoms with Crippen LogP contribution in [-0.2, 0) is 0 Å². The van der Waals surface area contributed by atoms with Crippen LogP contribution in [0.5, 0.6) is 6.01 Å². The van der Waals surface area contributed by atoms with Crippen molar-refractivity contribution in [2.45, 2.75) is 26.4 Å². The molecule has 0 aliphatic heterocycles. The Kier molecular flexibility index (Phi) is 3.84. The highest BCUT2D eigenvalue weighted by molar-refractivity contribution is 5.30. The van der Waals surface area contributed by atoms with Gasteiger partial charge in [0, 0.05) is 18.9 Å². The van der Waals surface area contributed by atoms with E-state index in [1.165, 1.54) is 0 Å². The average molecular weight is 272 g/mol. The van der Waals surface area contributed by atoms with Gasteiger partial charge in [0.2, 0.25) is 11.9 Å². The summed E-state index contributed by atoms with van der Waals surface area (Å²) >= 11 is 0. The second-order valence-corrected chi connectivity index (χ2v) is 4.50. The maximum absolute atomic E-state index is 5.60. The van der Waals surface area contributed by atoms with E-state index in [9.17, 15) is 0 Å². The first kappa shape index (κ1) is 13.8. The van der Waals surface area contributed by atoms with Crippen molar-refractivity contribution in [1.82, 2.24) is 24.5 Å². The lowest BCUT2D eigenvalue weighted by molar-refractivity contribution is 0.156. The lowest BCUT2D eigenvalue weighted by Gasteiger charge is -2.19. The molecule has 0 spiro atoms. The molecular weight excluding hydrogens is 256 g/mol. The molecule has 2 rings (SSSR count). The van der Waals surface area contributed by atoms with E-state index in [2.05, 4.69) is 31.2 Å². The lowest BCUT2D eigenvalue weighted by Crippen LogP contribution is -2.27. The summed E-state index contributed by atoms with van der Waals surface area (Å²) < 4.78 is 7.27. The minimum Gasteiger partial charge on any atom is -0.444 e. The van der Waals surface area contributed by atoms with Crippen molar-refractivity contribution >= 4 is 5.95 Å². The van der Waals surface area contributed by atoms with Crippen LogP contribution in [0.2, 0.25) is 0 Å². The maximum atomic E-state index is 5.60. The molecule has 0 saturated carbocycles. The first-order chi connectivity index (χ1) is 9.54. The van der Waals surface area contributed by atoms with Crippen molar-refractivity contribution in [3.63, 3.8) is 0 Å². The number of imidazole rings is 1. The molecular formula is C13H16N6O. The molecule has 0 bridgehead atoms. The van der Waals surface area contributed by atoms with Crippen LogP contribution in [0.1, 0.15) is 20.8 Å². The Labute approximate surface area is 117 Å². The van der Waals surface area contributed by atoms with Gasteiger partial charge in [-0.05, 0) is 20.8 Å². The van der Waals surface area contributed by atoms with Crippen molar-refractivity contribution in [3.05, 3.63) is 18.7 Å². The highest BCUT2D eigenvalue weighted by Gasteiger charge is 2.19. The summed E-state index contributed by atoms with van der Waals surface area (Å²) in [5.74, 6) is 3.37. The number of ether oxygens (including phenoxy) is 1. The van der Waals surface area contributed by atoms with Crippen LogP contribution in [0.3, 0.4) is 0 Å². The topological polar surface area (TPSA) is 77.8 Å². The van der Waals surface area contributed by atoms with Gasteiger partial charge in [0.1, 0.15) is 6.33 Å². The summed E-state index contributed by atoms with van der Waals surface area (Å²) in [4.78, 5) is 16.7. The van der Waals surface area contributed by atoms with Gasteiger partial charge in [0.05, 0.1) is 0 Å². The lowest BCUT2D eigenvalue weighted by atomic mass is 10.2. The quantitative estimate of drug-likeness (QED) is 0.826. The molecule has 0 aliphatic rings. The van der Waals surface area contributed by atoms with Crippen molar-refractivity contribution in [2.24, 2.45) is 0 Å². The van der Waals surface area contributed by atoms with Gasteiger partial charge in [0.15, 0.2) is 5.60 Å². The van der Waals surface area contributed by atoms with Gasteiger partial charge in [-0.15, -0.1) is 6.42 Å². The molecule has 7 nitrogen and oxygen atoms in total. The molecule has 1 N–H and O–H groups in total. The molecule has 7 heteroatoms. The number of terminal acetylenes is 1. The van der Waals surface area contributed by atoms with Crippen LogP contribution in [0.25, 0.3) is 5.95 Å². The third-order valence-corrected chi connectivity index (χ3v) is 2.37.